The Bertz CT molecular complexity index is 1510. The molecule has 0 aliphatic heterocycles. The molecule has 3 nitrogen and oxygen atoms in total. The SMILES string of the molecule is C/C=C/CCc1ccc(OC(=O)C2CC=C(c3ccc(-c4ccc(OCC)c(F)c4F)c(F)c3F)CC2)c(F)c1F. The molecule has 0 amide bonds. The lowest BCUT2D eigenvalue weighted by molar-refractivity contribution is -0.139. The average Bonchev–Trinajstić information content (AvgIpc) is 2.97. The Kier molecular flexibility index (Phi) is 9.57. The number of hydrogen-bond donors (Lipinski definition) is 0. The molecule has 0 aromatic heterocycles. The van der Waals surface area contributed by atoms with Crippen LogP contribution in [-0.4, -0.2) is 12.6 Å². The molecule has 0 bridgehead atoms. The summed E-state index contributed by atoms with van der Waals surface area (Å²) < 4.78 is 98.0. The molecule has 0 N–H and O–H groups in total. The van der Waals surface area contributed by atoms with Crippen molar-refractivity contribution < 1.29 is 40.6 Å². The maximum atomic E-state index is 15.1. The van der Waals surface area contributed by atoms with E-state index in [1.165, 1.54) is 18.2 Å². The topological polar surface area (TPSA) is 35.5 Å². The molecule has 1 aliphatic carbocycles. The van der Waals surface area contributed by atoms with E-state index in [2.05, 4.69) is 0 Å². The number of hydrogen-bond acceptors (Lipinski definition) is 3. The lowest BCUT2D eigenvalue weighted by atomic mass is 9.86. The summed E-state index contributed by atoms with van der Waals surface area (Å²) >= 11 is 0. The van der Waals surface area contributed by atoms with Crippen LogP contribution in [-0.2, 0) is 11.2 Å². The van der Waals surface area contributed by atoms with Gasteiger partial charge in [0.15, 0.2) is 34.8 Å². The van der Waals surface area contributed by atoms with E-state index in [4.69, 9.17) is 9.47 Å². The van der Waals surface area contributed by atoms with Crippen LogP contribution in [0, 0.1) is 40.8 Å². The van der Waals surface area contributed by atoms with Crippen molar-refractivity contribution in [1.82, 2.24) is 0 Å². The van der Waals surface area contributed by atoms with Crippen LogP contribution in [0.4, 0.5) is 26.3 Å². The van der Waals surface area contributed by atoms with Crippen molar-refractivity contribution in [2.45, 2.75) is 46.0 Å². The number of carbonyl (C=O) groups is 1. The fourth-order valence-corrected chi connectivity index (χ4v) is 4.75. The first-order valence-corrected chi connectivity index (χ1v) is 13.3. The van der Waals surface area contributed by atoms with Crippen molar-refractivity contribution >= 4 is 11.5 Å². The van der Waals surface area contributed by atoms with E-state index in [1.54, 1.807) is 19.1 Å². The van der Waals surface area contributed by atoms with Gasteiger partial charge < -0.3 is 9.47 Å². The molecule has 0 heterocycles. The summed E-state index contributed by atoms with van der Waals surface area (Å²) in [4.78, 5) is 12.7. The highest BCUT2D eigenvalue weighted by Gasteiger charge is 2.28. The van der Waals surface area contributed by atoms with E-state index in [0.717, 1.165) is 18.2 Å². The highest BCUT2D eigenvalue weighted by molar-refractivity contribution is 5.78. The summed E-state index contributed by atoms with van der Waals surface area (Å²) in [5.74, 6) is -9.89. The third-order valence-corrected chi connectivity index (χ3v) is 6.96. The van der Waals surface area contributed by atoms with Crippen LogP contribution in [0.5, 0.6) is 11.5 Å². The molecular formula is C32H28F6O3. The number of rotatable bonds is 9. The lowest BCUT2D eigenvalue weighted by Gasteiger charge is -2.22. The van der Waals surface area contributed by atoms with Crippen LogP contribution in [0.2, 0.25) is 0 Å². The van der Waals surface area contributed by atoms with E-state index in [0.29, 0.717) is 18.4 Å². The van der Waals surface area contributed by atoms with Gasteiger partial charge in [-0.25, -0.2) is 17.6 Å². The van der Waals surface area contributed by atoms with Crippen molar-refractivity contribution in [3.05, 3.63) is 101 Å². The van der Waals surface area contributed by atoms with E-state index < -0.39 is 63.7 Å². The van der Waals surface area contributed by atoms with Gasteiger partial charge in [0.05, 0.1) is 12.5 Å². The molecule has 3 aromatic carbocycles. The second-order valence-corrected chi connectivity index (χ2v) is 9.54. The van der Waals surface area contributed by atoms with E-state index in [9.17, 15) is 22.4 Å². The van der Waals surface area contributed by atoms with Crippen molar-refractivity contribution in [2.75, 3.05) is 6.61 Å². The van der Waals surface area contributed by atoms with E-state index in [-0.39, 0.29) is 42.7 Å². The van der Waals surface area contributed by atoms with Gasteiger partial charge in [-0.3, -0.25) is 4.79 Å². The van der Waals surface area contributed by atoms with Gasteiger partial charge in [0, 0.05) is 16.7 Å². The van der Waals surface area contributed by atoms with Gasteiger partial charge in [0.1, 0.15) is 0 Å². The van der Waals surface area contributed by atoms with Crippen molar-refractivity contribution in [3.63, 3.8) is 0 Å². The van der Waals surface area contributed by atoms with Crippen LogP contribution in [0.3, 0.4) is 0 Å². The molecule has 0 radical (unpaired) electrons. The molecule has 0 fully saturated rings. The summed E-state index contributed by atoms with van der Waals surface area (Å²) in [6.07, 6.45) is 6.47. The quantitative estimate of drug-likeness (QED) is 0.111. The number of esters is 1. The smallest absolute Gasteiger partial charge is 0.314 e. The molecule has 3 aromatic rings. The summed E-state index contributed by atoms with van der Waals surface area (Å²) in [7, 11) is 0. The van der Waals surface area contributed by atoms with Gasteiger partial charge in [0.25, 0.3) is 0 Å². The van der Waals surface area contributed by atoms with Gasteiger partial charge in [-0.2, -0.15) is 8.78 Å². The summed E-state index contributed by atoms with van der Waals surface area (Å²) in [5.41, 5.74) is -0.402. The molecule has 4 rings (SSSR count). The monoisotopic (exact) mass is 574 g/mol. The van der Waals surface area contributed by atoms with E-state index >= 15 is 8.78 Å². The Morgan fingerprint density at radius 3 is 2.10 bits per heavy atom. The Morgan fingerprint density at radius 1 is 0.829 bits per heavy atom. The Labute approximate surface area is 234 Å². The number of halogens is 6. The Morgan fingerprint density at radius 2 is 1.44 bits per heavy atom. The van der Waals surface area contributed by atoms with Gasteiger partial charge in [-0.1, -0.05) is 36.4 Å². The zero-order chi connectivity index (χ0) is 29.7. The number of aryl methyl sites for hydroxylation is 1. The van der Waals surface area contributed by atoms with Gasteiger partial charge in [-0.05, 0) is 75.3 Å². The number of carbonyl (C=O) groups excluding carboxylic acids is 1. The molecule has 216 valence electrons. The lowest BCUT2D eigenvalue weighted by Crippen LogP contribution is -2.23. The van der Waals surface area contributed by atoms with Crippen LogP contribution in [0.1, 0.15) is 50.7 Å². The standard InChI is InChI=1S/C32H28F6O3/c1-3-5-6-7-19-12-16-25(31(38)26(19)33)41-32(39)20-10-8-18(9-11-20)21-13-14-22(28(35)27(21)34)23-15-17-24(40-4-2)30(37)29(23)36/h3,5,8,12-17,20H,4,6-7,9-11H2,1-2H3/b5-3+. The fraction of sp³-hybridized carbons (Fsp3) is 0.281. The van der Waals surface area contributed by atoms with Crippen LogP contribution >= 0.6 is 0 Å². The summed E-state index contributed by atoms with van der Waals surface area (Å²) in [5, 5.41) is 0. The minimum absolute atomic E-state index is 0.0773. The average molecular weight is 575 g/mol. The molecule has 1 aliphatic rings. The van der Waals surface area contributed by atoms with E-state index in [1.807, 2.05) is 13.0 Å². The number of benzene rings is 3. The van der Waals surface area contributed by atoms with Gasteiger partial charge >= 0.3 is 5.97 Å². The maximum Gasteiger partial charge on any atom is 0.314 e. The van der Waals surface area contributed by atoms with Crippen molar-refractivity contribution in [1.29, 1.82) is 0 Å². The van der Waals surface area contributed by atoms with Crippen LogP contribution in [0.15, 0.2) is 54.6 Å². The predicted octanol–water partition coefficient (Wildman–Crippen LogP) is 8.88. The molecule has 0 saturated heterocycles. The molecule has 0 spiro atoms. The van der Waals surface area contributed by atoms with Crippen LogP contribution < -0.4 is 9.47 Å². The first-order valence-electron chi connectivity index (χ1n) is 13.3. The summed E-state index contributed by atoms with van der Waals surface area (Å²) in [6.45, 7) is 3.52. The zero-order valence-electron chi connectivity index (χ0n) is 22.5. The highest BCUT2D eigenvalue weighted by Crippen LogP contribution is 2.37. The largest absolute Gasteiger partial charge is 0.491 e. The highest BCUT2D eigenvalue weighted by atomic mass is 19.2. The normalized spacial score (nSPS) is 15.2. The minimum Gasteiger partial charge on any atom is -0.491 e. The molecule has 0 saturated carbocycles. The van der Waals surface area contributed by atoms with Crippen molar-refractivity contribution in [2.24, 2.45) is 5.92 Å². The summed E-state index contributed by atoms with van der Waals surface area (Å²) in [6, 6.07) is 7.27. The van der Waals surface area contributed by atoms with Crippen molar-refractivity contribution in [3.8, 4) is 22.6 Å². The molecule has 41 heavy (non-hydrogen) atoms. The Balaban J connectivity index is 1.47. The Hall–Kier alpha value is -4.01. The number of allylic oxidation sites excluding steroid dienone is 4. The van der Waals surface area contributed by atoms with Crippen LogP contribution in [0.25, 0.3) is 16.7 Å². The zero-order valence-corrected chi connectivity index (χ0v) is 22.5. The molecular weight excluding hydrogens is 546 g/mol. The molecule has 1 atom stereocenters. The second kappa shape index (κ2) is 13.1. The molecule has 1 unspecified atom stereocenters. The van der Waals surface area contributed by atoms with Gasteiger partial charge in [0.2, 0.25) is 11.6 Å². The minimum atomic E-state index is -1.36. The molecule has 9 heteroatoms. The first kappa shape index (κ1) is 30.0. The third-order valence-electron chi connectivity index (χ3n) is 6.96. The van der Waals surface area contributed by atoms with Gasteiger partial charge in [-0.15, -0.1) is 0 Å². The first-order chi connectivity index (χ1) is 19.7. The fourth-order valence-electron chi connectivity index (χ4n) is 4.75. The third kappa shape index (κ3) is 6.34. The number of ether oxygens (including phenoxy) is 2. The maximum absolute atomic E-state index is 15.1. The second-order valence-electron chi connectivity index (χ2n) is 9.54. The predicted molar refractivity (Wildman–Crippen MR) is 143 cm³/mol.